The van der Waals surface area contributed by atoms with E-state index in [2.05, 4.69) is 19.2 Å². The van der Waals surface area contributed by atoms with Crippen molar-refractivity contribution in [2.24, 2.45) is 11.7 Å². The average Bonchev–Trinajstić information content (AvgIpc) is 2.26. The van der Waals surface area contributed by atoms with E-state index in [1.165, 1.54) is 19.3 Å². The molecule has 1 rings (SSSR count). The summed E-state index contributed by atoms with van der Waals surface area (Å²) in [5.41, 5.74) is 5.99. The molecule has 0 bridgehead atoms. The molecule has 3 atom stereocenters. The Balaban J connectivity index is 2.32. The summed E-state index contributed by atoms with van der Waals surface area (Å²) in [6.45, 7) is 4.26. The zero-order chi connectivity index (χ0) is 12.0. The molecular weight excluding hydrogens is 200 g/mol. The molecule has 1 saturated carbocycles. The predicted octanol–water partition coefficient (Wildman–Crippen LogP) is 2.20. The van der Waals surface area contributed by atoms with Gasteiger partial charge in [0.2, 0.25) is 5.91 Å². The third kappa shape index (κ3) is 4.12. The normalized spacial score (nSPS) is 27.4. The fraction of sp³-hybridized carbons (Fsp3) is 0.923. The number of carbonyl (C=O) groups excluding carboxylic acids is 1. The molecule has 3 unspecified atom stereocenters. The molecule has 1 amide bonds. The summed E-state index contributed by atoms with van der Waals surface area (Å²) in [6, 6.07) is 0.369. The van der Waals surface area contributed by atoms with E-state index >= 15 is 0 Å². The van der Waals surface area contributed by atoms with Gasteiger partial charge < -0.3 is 11.1 Å². The summed E-state index contributed by atoms with van der Waals surface area (Å²) in [5.74, 6) is 0.230. The maximum atomic E-state index is 12.0. The highest BCUT2D eigenvalue weighted by atomic mass is 16.2. The zero-order valence-electron chi connectivity index (χ0n) is 10.7. The number of nitrogens with one attached hydrogen (secondary N) is 1. The van der Waals surface area contributed by atoms with E-state index in [4.69, 9.17) is 5.73 Å². The number of rotatable bonds is 5. The van der Waals surface area contributed by atoms with Gasteiger partial charge in [-0.2, -0.15) is 0 Å². The Morgan fingerprint density at radius 3 is 2.75 bits per heavy atom. The molecule has 0 aliphatic heterocycles. The quantitative estimate of drug-likeness (QED) is 0.755. The number of nitrogens with two attached hydrogens (primary N) is 1. The summed E-state index contributed by atoms with van der Waals surface area (Å²) in [7, 11) is 0. The SMILES string of the molecule is CCCCC(C)NC(=O)C1CCCCC1N. The van der Waals surface area contributed by atoms with Gasteiger partial charge in [0, 0.05) is 12.1 Å². The van der Waals surface area contributed by atoms with Crippen LogP contribution in [0.15, 0.2) is 0 Å². The molecule has 0 aromatic heterocycles. The lowest BCUT2D eigenvalue weighted by atomic mass is 9.84. The van der Waals surface area contributed by atoms with Gasteiger partial charge >= 0.3 is 0 Å². The number of carbonyl (C=O) groups is 1. The van der Waals surface area contributed by atoms with Crippen LogP contribution in [0.2, 0.25) is 0 Å². The van der Waals surface area contributed by atoms with Gasteiger partial charge in [0.1, 0.15) is 0 Å². The van der Waals surface area contributed by atoms with E-state index in [0.717, 1.165) is 25.7 Å². The largest absolute Gasteiger partial charge is 0.353 e. The zero-order valence-corrected chi connectivity index (χ0v) is 10.7. The van der Waals surface area contributed by atoms with Crippen molar-refractivity contribution in [3.8, 4) is 0 Å². The monoisotopic (exact) mass is 226 g/mol. The van der Waals surface area contributed by atoms with E-state index in [-0.39, 0.29) is 17.9 Å². The van der Waals surface area contributed by atoms with E-state index in [1.807, 2.05) is 0 Å². The number of hydrogen-bond acceptors (Lipinski definition) is 2. The van der Waals surface area contributed by atoms with E-state index in [9.17, 15) is 4.79 Å². The number of hydrogen-bond donors (Lipinski definition) is 2. The number of unbranched alkanes of at least 4 members (excludes halogenated alkanes) is 1. The summed E-state index contributed by atoms with van der Waals surface area (Å²) < 4.78 is 0. The first-order valence-electron chi connectivity index (χ1n) is 6.71. The van der Waals surface area contributed by atoms with Crippen molar-refractivity contribution < 1.29 is 4.79 Å². The summed E-state index contributed by atoms with van der Waals surface area (Å²) in [5, 5.41) is 3.10. The van der Waals surface area contributed by atoms with Gasteiger partial charge in [-0.1, -0.05) is 32.6 Å². The molecule has 0 aromatic carbocycles. The van der Waals surface area contributed by atoms with Gasteiger partial charge in [-0.15, -0.1) is 0 Å². The molecule has 3 heteroatoms. The Morgan fingerprint density at radius 1 is 1.44 bits per heavy atom. The highest BCUT2D eigenvalue weighted by Crippen LogP contribution is 2.23. The van der Waals surface area contributed by atoms with Crippen LogP contribution in [0.1, 0.15) is 58.8 Å². The second-order valence-electron chi connectivity index (χ2n) is 5.11. The lowest BCUT2D eigenvalue weighted by Crippen LogP contribution is -2.46. The van der Waals surface area contributed by atoms with Crippen LogP contribution in [-0.2, 0) is 4.79 Å². The lowest BCUT2D eigenvalue weighted by molar-refractivity contribution is -0.127. The molecule has 0 heterocycles. The van der Waals surface area contributed by atoms with Gasteiger partial charge in [0.25, 0.3) is 0 Å². The first-order chi connectivity index (χ1) is 7.65. The maximum absolute atomic E-state index is 12.0. The van der Waals surface area contributed by atoms with E-state index in [0.29, 0.717) is 6.04 Å². The Kier molecular flexibility index (Phi) is 5.81. The molecule has 16 heavy (non-hydrogen) atoms. The minimum Gasteiger partial charge on any atom is -0.353 e. The van der Waals surface area contributed by atoms with Crippen molar-refractivity contribution in [1.82, 2.24) is 5.32 Å². The third-order valence-electron chi connectivity index (χ3n) is 3.54. The summed E-state index contributed by atoms with van der Waals surface area (Å²) >= 11 is 0. The average molecular weight is 226 g/mol. The standard InChI is InChI=1S/C13H26N2O/c1-3-4-7-10(2)15-13(16)11-8-5-6-9-12(11)14/h10-12H,3-9,14H2,1-2H3,(H,15,16). The molecule has 0 aromatic rings. The molecule has 94 valence electrons. The molecule has 1 aliphatic rings. The van der Waals surface area contributed by atoms with Crippen molar-refractivity contribution in [2.45, 2.75) is 70.9 Å². The van der Waals surface area contributed by atoms with Gasteiger partial charge in [0.05, 0.1) is 5.92 Å². The fourth-order valence-corrected chi connectivity index (χ4v) is 2.42. The van der Waals surface area contributed by atoms with Crippen LogP contribution in [0, 0.1) is 5.92 Å². The third-order valence-corrected chi connectivity index (χ3v) is 3.54. The van der Waals surface area contributed by atoms with Crippen molar-refractivity contribution in [3.63, 3.8) is 0 Å². The molecule has 3 N–H and O–H groups in total. The van der Waals surface area contributed by atoms with E-state index < -0.39 is 0 Å². The van der Waals surface area contributed by atoms with Gasteiger partial charge in [-0.3, -0.25) is 4.79 Å². The minimum absolute atomic E-state index is 0.0535. The Bertz CT molecular complexity index is 218. The number of amides is 1. The lowest BCUT2D eigenvalue weighted by Gasteiger charge is -2.28. The van der Waals surface area contributed by atoms with Crippen molar-refractivity contribution >= 4 is 5.91 Å². The Labute approximate surface area is 99.2 Å². The topological polar surface area (TPSA) is 55.1 Å². The van der Waals surface area contributed by atoms with Crippen LogP contribution in [-0.4, -0.2) is 18.0 Å². The molecule has 0 saturated heterocycles. The van der Waals surface area contributed by atoms with Crippen LogP contribution >= 0.6 is 0 Å². The Morgan fingerprint density at radius 2 is 2.12 bits per heavy atom. The van der Waals surface area contributed by atoms with Crippen molar-refractivity contribution in [3.05, 3.63) is 0 Å². The molecule has 3 nitrogen and oxygen atoms in total. The van der Waals surface area contributed by atoms with E-state index in [1.54, 1.807) is 0 Å². The molecule has 0 spiro atoms. The summed E-state index contributed by atoms with van der Waals surface area (Å²) in [4.78, 5) is 12.0. The van der Waals surface area contributed by atoms with Gasteiger partial charge in [-0.25, -0.2) is 0 Å². The molecule has 1 fully saturated rings. The van der Waals surface area contributed by atoms with Crippen molar-refractivity contribution in [2.75, 3.05) is 0 Å². The van der Waals surface area contributed by atoms with Crippen LogP contribution in [0.5, 0.6) is 0 Å². The van der Waals surface area contributed by atoms with Gasteiger partial charge in [-0.05, 0) is 26.2 Å². The smallest absolute Gasteiger partial charge is 0.224 e. The first-order valence-corrected chi connectivity index (χ1v) is 6.71. The second kappa shape index (κ2) is 6.89. The predicted molar refractivity (Wildman–Crippen MR) is 67.1 cm³/mol. The van der Waals surface area contributed by atoms with Crippen molar-refractivity contribution in [1.29, 1.82) is 0 Å². The maximum Gasteiger partial charge on any atom is 0.224 e. The summed E-state index contributed by atoms with van der Waals surface area (Å²) in [6.07, 6.45) is 7.73. The molecule has 1 aliphatic carbocycles. The highest BCUT2D eigenvalue weighted by Gasteiger charge is 2.28. The molecular formula is C13H26N2O. The van der Waals surface area contributed by atoms with Crippen LogP contribution in [0.3, 0.4) is 0 Å². The van der Waals surface area contributed by atoms with Crippen LogP contribution in [0.25, 0.3) is 0 Å². The first kappa shape index (κ1) is 13.5. The van der Waals surface area contributed by atoms with Crippen LogP contribution < -0.4 is 11.1 Å². The molecule has 0 radical (unpaired) electrons. The van der Waals surface area contributed by atoms with Crippen LogP contribution in [0.4, 0.5) is 0 Å². The van der Waals surface area contributed by atoms with Gasteiger partial charge in [0.15, 0.2) is 0 Å². The minimum atomic E-state index is 0.0535. The highest BCUT2D eigenvalue weighted by molar-refractivity contribution is 5.79. The second-order valence-corrected chi connectivity index (χ2v) is 5.11. The Hall–Kier alpha value is -0.570. The fourth-order valence-electron chi connectivity index (χ4n) is 2.42.